The molecular formula is C14H19Cl2NS. The van der Waals surface area contributed by atoms with Crippen molar-refractivity contribution in [3.63, 3.8) is 0 Å². The lowest BCUT2D eigenvalue weighted by Gasteiger charge is -2.28. The maximum atomic E-state index is 6.17. The van der Waals surface area contributed by atoms with Crippen LogP contribution >= 0.6 is 35.0 Å². The van der Waals surface area contributed by atoms with Gasteiger partial charge in [-0.2, -0.15) is 11.8 Å². The molecule has 1 nitrogen and oxygen atoms in total. The summed E-state index contributed by atoms with van der Waals surface area (Å²) < 4.78 is 0. The van der Waals surface area contributed by atoms with E-state index in [2.05, 4.69) is 11.6 Å². The molecule has 0 bridgehead atoms. The molecule has 0 atom stereocenters. The third kappa shape index (κ3) is 3.80. The van der Waals surface area contributed by atoms with E-state index in [9.17, 15) is 0 Å². The molecule has 0 radical (unpaired) electrons. The van der Waals surface area contributed by atoms with Gasteiger partial charge in [-0.15, -0.1) is 0 Å². The average molecular weight is 304 g/mol. The van der Waals surface area contributed by atoms with Crippen LogP contribution in [0.4, 0.5) is 0 Å². The number of nitrogens with one attached hydrogen (secondary N) is 1. The minimum Gasteiger partial charge on any atom is -0.310 e. The van der Waals surface area contributed by atoms with Crippen LogP contribution in [0, 0.1) is 0 Å². The van der Waals surface area contributed by atoms with Gasteiger partial charge in [-0.3, -0.25) is 0 Å². The molecule has 0 saturated heterocycles. The van der Waals surface area contributed by atoms with Crippen LogP contribution < -0.4 is 5.32 Å². The first kappa shape index (κ1) is 14.5. The Kier molecular flexibility index (Phi) is 5.68. The van der Waals surface area contributed by atoms with Crippen molar-refractivity contribution in [2.45, 2.75) is 43.5 Å². The number of hydrogen-bond donors (Lipinski definition) is 1. The molecule has 1 aromatic rings. The zero-order valence-corrected chi connectivity index (χ0v) is 12.9. The van der Waals surface area contributed by atoms with Gasteiger partial charge < -0.3 is 5.32 Å². The number of hydrogen-bond acceptors (Lipinski definition) is 2. The summed E-state index contributed by atoms with van der Waals surface area (Å²) in [6.45, 7) is 0.771. The predicted molar refractivity (Wildman–Crippen MR) is 82.9 cm³/mol. The highest BCUT2D eigenvalue weighted by atomic mass is 35.5. The summed E-state index contributed by atoms with van der Waals surface area (Å²) in [6.07, 6.45) is 7.35. The van der Waals surface area contributed by atoms with Crippen molar-refractivity contribution >= 4 is 35.0 Å². The fourth-order valence-corrected chi connectivity index (χ4v) is 3.72. The Labute approximate surface area is 124 Å². The summed E-state index contributed by atoms with van der Waals surface area (Å²) in [6, 6.07) is 6.29. The zero-order chi connectivity index (χ0) is 13.0. The Hall–Kier alpha value is 0.110. The van der Waals surface area contributed by atoms with Gasteiger partial charge in [0.25, 0.3) is 0 Å². The van der Waals surface area contributed by atoms with E-state index in [0.717, 1.165) is 27.4 Å². The molecular weight excluding hydrogens is 285 g/mol. The highest BCUT2D eigenvalue weighted by Gasteiger charge is 2.20. The van der Waals surface area contributed by atoms with E-state index in [-0.39, 0.29) is 0 Å². The van der Waals surface area contributed by atoms with Gasteiger partial charge in [-0.1, -0.05) is 29.3 Å². The molecule has 0 amide bonds. The molecule has 1 aliphatic carbocycles. The van der Waals surface area contributed by atoms with Gasteiger partial charge in [-0.25, -0.2) is 0 Å². The van der Waals surface area contributed by atoms with Crippen molar-refractivity contribution in [2.24, 2.45) is 0 Å². The molecule has 1 fully saturated rings. The van der Waals surface area contributed by atoms with Crippen molar-refractivity contribution in [3.8, 4) is 0 Å². The SMILES string of the molecule is CSC1CCC(NCc2c(Cl)cccc2Cl)CC1. The van der Waals surface area contributed by atoms with E-state index in [4.69, 9.17) is 23.2 Å². The van der Waals surface area contributed by atoms with Crippen LogP contribution in [0.2, 0.25) is 10.0 Å². The monoisotopic (exact) mass is 303 g/mol. The Morgan fingerprint density at radius 1 is 1.17 bits per heavy atom. The summed E-state index contributed by atoms with van der Waals surface area (Å²) in [4.78, 5) is 0. The van der Waals surface area contributed by atoms with Crippen molar-refractivity contribution in [1.82, 2.24) is 5.32 Å². The Morgan fingerprint density at radius 2 is 1.78 bits per heavy atom. The normalized spacial score (nSPS) is 24.2. The first-order valence-corrected chi connectivity index (χ1v) is 8.44. The number of halogens is 2. The van der Waals surface area contributed by atoms with E-state index >= 15 is 0 Å². The Bertz CT molecular complexity index is 369. The van der Waals surface area contributed by atoms with Gasteiger partial charge in [0, 0.05) is 33.4 Å². The molecule has 1 N–H and O–H groups in total. The second-order valence-corrected chi connectivity index (χ2v) is 6.74. The fraction of sp³-hybridized carbons (Fsp3) is 0.571. The second-order valence-electron chi connectivity index (χ2n) is 4.79. The minimum atomic E-state index is 0.612. The zero-order valence-electron chi connectivity index (χ0n) is 10.6. The van der Waals surface area contributed by atoms with E-state index in [1.165, 1.54) is 25.7 Å². The average Bonchev–Trinajstić information content (AvgIpc) is 2.39. The predicted octanol–water partition coefficient (Wildman–Crippen LogP) is 4.76. The lowest BCUT2D eigenvalue weighted by Crippen LogP contribution is -2.33. The van der Waals surface area contributed by atoms with Crippen LogP contribution in [0.15, 0.2) is 18.2 Å². The van der Waals surface area contributed by atoms with Gasteiger partial charge in [-0.05, 0) is 44.1 Å². The molecule has 18 heavy (non-hydrogen) atoms. The maximum Gasteiger partial charge on any atom is 0.0465 e. The largest absolute Gasteiger partial charge is 0.310 e. The van der Waals surface area contributed by atoms with Crippen LogP contribution in [0.5, 0.6) is 0 Å². The fourth-order valence-electron chi connectivity index (χ4n) is 2.45. The van der Waals surface area contributed by atoms with E-state index in [1.807, 2.05) is 30.0 Å². The molecule has 2 rings (SSSR count). The molecule has 0 heterocycles. The van der Waals surface area contributed by atoms with Crippen LogP contribution in [-0.2, 0) is 6.54 Å². The summed E-state index contributed by atoms with van der Waals surface area (Å²) in [5.74, 6) is 0. The van der Waals surface area contributed by atoms with Crippen LogP contribution in [0.1, 0.15) is 31.2 Å². The van der Waals surface area contributed by atoms with Gasteiger partial charge in [0.05, 0.1) is 0 Å². The maximum absolute atomic E-state index is 6.17. The van der Waals surface area contributed by atoms with Gasteiger partial charge in [0.1, 0.15) is 0 Å². The molecule has 1 aliphatic rings. The van der Waals surface area contributed by atoms with E-state index < -0.39 is 0 Å². The minimum absolute atomic E-state index is 0.612. The topological polar surface area (TPSA) is 12.0 Å². The first-order valence-electron chi connectivity index (χ1n) is 6.39. The molecule has 0 unspecified atom stereocenters. The molecule has 0 aromatic heterocycles. The van der Waals surface area contributed by atoms with Gasteiger partial charge in [0.2, 0.25) is 0 Å². The highest BCUT2D eigenvalue weighted by molar-refractivity contribution is 7.99. The number of benzene rings is 1. The third-order valence-electron chi connectivity index (χ3n) is 3.64. The first-order chi connectivity index (χ1) is 8.70. The molecule has 1 aromatic carbocycles. The number of thioether (sulfide) groups is 1. The lowest BCUT2D eigenvalue weighted by molar-refractivity contribution is 0.379. The lowest BCUT2D eigenvalue weighted by atomic mass is 9.95. The summed E-state index contributed by atoms with van der Waals surface area (Å²) in [5.41, 5.74) is 1.02. The third-order valence-corrected chi connectivity index (χ3v) is 5.48. The quantitative estimate of drug-likeness (QED) is 0.861. The van der Waals surface area contributed by atoms with Crippen molar-refractivity contribution in [2.75, 3.05) is 6.26 Å². The Balaban J connectivity index is 1.85. The molecule has 1 saturated carbocycles. The summed E-state index contributed by atoms with van der Waals surface area (Å²) in [7, 11) is 0. The molecule has 100 valence electrons. The second kappa shape index (κ2) is 7.04. The van der Waals surface area contributed by atoms with Crippen LogP contribution in [-0.4, -0.2) is 17.5 Å². The molecule has 4 heteroatoms. The van der Waals surface area contributed by atoms with Crippen molar-refractivity contribution in [3.05, 3.63) is 33.8 Å². The van der Waals surface area contributed by atoms with Crippen LogP contribution in [0.25, 0.3) is 0 Å². The number of rotatable bonds is 4. The van der Waals surface area contributed by atoms with E-state index in [0.29, 0.717) is 6.04 Å². The standard InChI is InChI=1S/C14H19Cl2NS/c1-18-11-7-5-10(6-8-11)17-9-12-13(15)3-2-4-14(12)16/h2-4,10-11,17H,5-9H2,1H3. The Morgan fingerprint density at radius 3 is 2.33 bits per heavy atom. The van der Waals surface area contributed by atoms with Crippen molar-refractivity contribution < 1.29 is 0 Å². The smallest absolute Gasteiger partial charge is 0.0465 e. The van der Waals surface area contributed by atoms with Crippen molar-refractivity contribution in [1.29, 1.82) is 0 Å². The summed E-state index contributed by atoms with van der Waals surface area (Å²) >= 11 is 14.3. The van der Waals surface area contributed by atoms with E-state index in [1.54, 1.807) is 0 Å². The summed E-state index contributed by atoms with van der Waals surface area (Å²) in [5, 5.41) is 5.95. The van der Waals surface area contributed by atoms with Gasteiger partial charge in [0.15, 0.2) is 0 Å². The highest BCUT2D eigenvalue weighted by Crippen LogP contribution is 2.28. The van der Waals surface area contributed by atoms with Gasteiger partial charge >= 0.3 is 0 Å². The molecule has 0 spiro atoms. The molecule has 0 aliphatic heterocycles. The van der Waals surface area contributed by atoms with Crippen LogP contribution in [0.3, 0.4) is 0 Å².